The van der Waals surface area contributed by atoms with Gasteiger partial charge in [-0.2, -0.15) is 0 Å². The first-order valence-corrected chi connectivity index (χ1v) is 8.47. The van der Waals surface area contributed by atoms with Crippen molar-refractivity contribution in [3.05, 3.63) is 65.5 Å². The van der Waals surface area contributed by atoms with E-state index in [9.17, 15) is 4.39 Å². The van der Waals surface area contributed by atoms with E-state index in [-0.39, 0.29) is 5.82 Å². The lowest BCUT2D eigenvalue weighted by molar-refractivity contribution is 0.309. The molecule has 0 radical (unpaired) electrons. The van der Waals surface area contributed by atoms with Crippen molar-refractivity contribution < 1.29 is 9.13 Å². The zero-order chi connectivity index (χ0) is 16.1. The van der Waals surface area contributed by atoms with Gasteiger partial charge in [0.1, 0.15) is 11.6 Å². The normalized spacial score (nSPS) is 19.6. The summed E-state index contributed by atoms with van der Waals surface area (Å²) in [4.78, 5) is 0. The summed E-state index contributed by atoms with van der Waals surface area (Å²) in [5, 5.41) is 3.54. The molecule has 1 fully saturated rings. The van der Waals surface area contributed by atoms with Crippen molar-refractivity contribution >= 4 is 0 Å². The van der Waals surface area contributed by atoms with Gasteiger partial charge in [-0.1, -0.05) is 37.6 Å². The standard InChI is InChI=1S/C20H24FNO/c1-2-3-12-23-18-10-6-16(7-11-18)19-13-20(19)22-14-15-4-8-17(21)9-5-15/h4-11,19-20,22H,2-3,12-14H2,1H3/t19?,20-/m0/s1. The van der Waals surface area contributed by atoms with Crippen molar-refractivity contribution in [3.63, 3.8) is 0 Å². The number of unbranched alkanes of at least 4 members (excludes halogenated alkanes) is 1. The molecule has 122 valence electrons. The Kier molecular flexibility index (Phi) is 5.29. The number of nitrogens with one attached hydrogen (secondary N) is 1. The number of hydrogen-bond donors (Lipinski definition) is 1. The zero-order valence-corrected chi connectivity index (χ0v) is 13.6. The van der Waals surface area contributed by atoms with E-state index in [0.717, 1.165) is 43.7 Å². The van der Waals surface area contributed by atoms with Gasteiger partial charge in [-0.15, -0.1) is 0 Å². The van der Waals surface area contributed by atoms with Gasteiger partial charge in [-0.3, -0.25) is 0 Å². The molecule has 3 rings (SSSR count). The van der Waals surface area contributed by atoms with E-state index >= 15 is 0 Å². The molecule has 3 heteroatoms. The van der Waals surface area contributed by atoms with Gasteiger partial charge in [-0.25, -0.2) is 4.39 Å². The number of benzene rings is 2. The van der Waals surface area contributed by atoms with Gasteiger partial charge in [-0.05, 0) is 48.2 Å². The molecule has 23 heavy (non-hydrogen) atoms. The first kappa shape index (κ1) is 16.0. The summed E-state index contributed by atoms with van der Waals surface area (Å²) in [5.74, 6) is 1.36. The van der Waals surface area contributed by atoms with Crippen LogP contribution in [0.2, 0.25) is 0 Å². The van der Waals surface area contributed by atoms with Crippen LogP contribution in [0.5, 0.6) is 5.75 Å². The number of ether oxygens (including phenoxy) is 1. The third kappa shape index (κ3) is 4.55. The minimum atomic E-state index is -0.181. The Morgan fingerprint density at radius 1 is 1.09 bits per heavy atom. The summed E-state index contributed by atoms with van der Waals surface area (Å²) < 4.78 is 18.6. The van der Waals surface area contributed by atoms with Crippen molar-refractivity contribution in [2.75, 3.05) is 6.61 Å². The van der Waals surface area contributed by atoms with Gasteiger partial charge >= 0.3 is 0 Å². The Labute approximate surface area is 137 Å². The molecule has 0 aromatic heterocycles. The summed E-state index contributed by atoms with van der Waals surface area (Å²) in [7, 11) is 0. The molecule has 1 saturated carbocycles. The van der Waals surface area contributed by atoms with Gasteiger partial charge < -0.3 is 10.1 Å². The minimum absolute atomic E-state index is 0.181. The third-order valence-electron chi connectivity index (χ3n) is 4.35. The van der Waals surface area contributed by atoms with Crippen LogP contribution in [0.4, 0.5) is 4.39 Å². The third-order valence-corrected chi connectivity index (χ3v) is 4.35. The van der Waals surface area contributed by atoms with Crippen LogP contribution >= 0.6 is 0 Å². The highest BCUT2D eigenvalue weighted by molar-refractivity contribution is 5.34. The topological polar surface area (TPSA) is 21.3 Å². The van der Waals surface area contributed by atoms with Crippen molar-refractivity contribution in [2.45, 2.75) is 44.7 Å². The lowest BCUT2D eigenvalue weighted by Crippen LogP contribution is -2.17. The molecule has 2 nitrogen and oxygen atoms in total. The Bertz CT molecular complexity index is 609. The molecular formula is C20H24FNO. The maximum absolute atomic E-state index is 12.9. The van der Waals surface area contributed by atoms with E-state index in [1.54, 1.807) is 0 Å². The Balaban J connectivity index is 1.45. The molecule has 0 aliphatic heterocycles. The van der Waals surface area contributed by atoms with Crippen LogP contribution in [0.25, 0.3) is 0 Å². The van der Waals surface area contributed by atoms with E-state index in [0.29, 0.717) is 12.0 Å². The average Bonchev–Trinajstić information content (AvgIpc) is 3.35. The van der Waals surface area contributed by atoms with Crippen LogP contribution in [0.3, 0.4) is 0 Å². The Morgan fingerprint density at radius 2 is 1.83 bits per heavy atom. The predicted octanol–water partition coefficient (Wildman–Crippen LogP) is 4.65. The zero-order valence-electron chi connectivity index (χ0n) is 13.6. The second-order valence-corrected chi connectivity index (χ2v) is 6.23. The number of hydrogen-bond acceptors (Lipinski definition) is 2. The smallest absolute Gasteiger partial charge is 0.123 e. The predicted molar refractivity (Wildman–Crippen MR) is 91.2 cm³/mol. The quantitative estimate of drug-likeness (QED) is 0.716. The van der Waals surface area contributed by atoms with Gasteiger partial charge in [0.15, 0.2) is 0 Å². The maximum Gasteiger partial charge on any atom is 0.123 e. The van der Waals surface area contributed by atoms with E-state index in [1.807, 2.05) is 12.1 Å². The fraction of sp³-hybridized carbons (Fsp3) is 0.400. The first-order chi connectivity index (χ1) is 11.3. The minimum Gasteiger partial charge on any atom is -0.494 e. The summed E-state index contributed by atoms with van der Waals surface area (Å²) in [6.07, 6.45) is 3.42. The van der Waals surface area contributed by atoms with Crippen LogP contribution in [-0.4, -0.2) is 12.6 Å². The summed E-state index contributed by atoms with van der Waals surface area (Å²) >= 11 is 0. The van der Waals surface area contributed by atoms with Gasteiger partial charge in [0, 0.05) is 18.5 Å². The summed E-state index contributed by atoms with van der Waals surface area (Å²) in [5.41, 5.74) is 2.49. The summed E-state index contributed by atoms with van der Waals surface area (Å²) in [6, 6.07) is 15.7. The molecule has 1 unspecified atom stereocenters. The fourth-order valence-electron chi connectivity index (χ4n) is 2.79. The lowest BCUT2D eigenvalue weighted by Gasteiger charge is -2.07. The van der Waals surface area contributed by atoms with Crippen molar-refractivity contribution in [1.29, 1.82) is 0 Å². The number of rotatable bonds is 8. The molecule has 0 heterocycles. The second kappa shape index (κ2) is 7.60. The highest BCUT2D eigenvalue weighted by Crippen LogP contribution is 2.41. The van der Waals surface area contributed by atoms with Crippen LogP contribution in [-0.2, 0) is 6.54 Å². The van der Waals surface area contributed by atoms with Crippen LogP contribution in [0, 0.1) is 5.82 Å². The van der Waals surface area contributed by atoms with Crippen molar-refractivity contribution in [2.24, 2.45) is 0 Å². The molecule has 0 amide bonds. The van der Waals surface area contributed by atoms with Crippen molar-refractivity contribution in [3.8, 4) is 5.75 Å². The van der Waals surface area contributed by atoms with E-state index < -0.39 is 0 Å². The second-order valence-electron chi connectivity index (χ2n) is 6.23. The van der Waals surface area contributed by atoms with Gasteiger partial charge in [0.05, 0.1) is 6.61 Å². The molecule has 0 bridgehead atoms. The van der Waals surface area contributed by atoms with Gasteiger partial charge in [0.2, 0.25) is 0 Å². The maximum atomic E-state index is 12.9. The Hall–Kier alpha value is -1.87. The molecule has 1 aliphatic rings. The highest BCUT2D eigenvalue weighted by atomic mass is 19.1. The van der Waals surface area contributed by atoms with E-state index in [1.165, 1.54) is 17.7 Å². The molecule has 1 aliphatic carbocycles. The van der Waals surface area contributed by atoms with Crippen LogP contribution in [0.15, 0.2) is 48.5 Å². The first-order valence-electron chi connectivity index (χ1n) is 8.47. The SMILES string of the molecule is CCCCOc1ccc(C2C[C@@H]2NCc2ccc(F)cc2)cc1. The average molecular weight is 313 g/mol. The molecule has 0 spiro atoms. The lowest BCUT2D eigenvalue weighted by atomic mass is 10.1. The molecule has 2 atom stereocenters. The molecular weight excluding hydrogens is 289 g/mol. The number of halogens is 1. The Morgan fingerprint density at radius 3 is 2.52 bits per heavy atom. The monoisotopic (exact) mass is 313 g/mol. The molecule has 2 aromatic rings. The molecule has 0 saturated heterocycles. The molecule has 1 N–H and O–H groups in total. The van der Waals surface area contributed by atoms with Crippen molar-refractivity contribution in [1.82, 2.24) is 5.32 Å². The fourth-order valence-corrected chi connectivity index (χ4v) is 2.79. The summed E-state index contributed by atoms with van der Waals surface area (Å²) in [6.45, 7) is 3.75. The molecule has 2 aromatic carbocycles. The van der Waals surface area contributed by atoms with Gasteiger partial charge in [0.25, 0.3) is 0 Å². The van der Waals surface area contributed by atoms with Crippen LogP contribution < -0.4 is 10.1 Å². The largest absolute Gasteiger partial charge is 0.494 e. The highest BCUT2D eigenvalue weighted by Gasteiger charge is 2.37. The van der Waals surface area contributed by atoms with Crippen LogP contribution in [0.1, 0.15) is 43.2 Å². The van der Waals surface area contributed by atoms with E-state index in [2.05, 4.69) is 36.5 Å². The van der Waals surface area contributed by atoms with E-state index in [4.69, 9.17) is 4.74 Å².